The molecular weight excluding hydrogens is 439 g/mol. The van der Waals surface area contributed by atoms with Gasteiger partial charge in [-0.25, -0.2) is 4.39 Å². The molecule has 3 aliphatic rings. The van der Waals surface area contributed by atoms with Gasteiger partial charge in [-0.15, -0.1) is 0 Å². The lowest BCUT2D eigenvalue weighted by atomic mass is 9.84. The highest BCUT2D eigenvalue weighted by molar-refractivity contribution is 5.80. The monoisotopic (exact) mass is 468 g/mol. The molecule has 0 saturated carbocycles. The number of carbonyl (C=O) groups is 2. The van der Waals surface area contributed by atoms with Crippen molar-refractivity contribution in [2.75, 3.05) is 19.9 Å². The van der Waals surface area contributed by atoms with E-state index in [0.29, 0.717) is 63.8 Å². The van der Waals surface area contributed by atoms with Crippen molar-refractivity contribution in [2.24, 2.45) is 0 Å². The Balaban J connectivity index is 1.15. The Hall–Kier alpha value is -3.29. The number of hydrogen-bond donors (Lipinski definition) is 1. The third-order valence-corrected chi connectivity index (χ3v) is 6.96. The minimum absolute atomic E-state index is 0.0271. The van der Waals surface area contributed by atoms with Gasteiger partial charge in [0.2, 0.25) is 18.6 Å². The van der Waals surface area contributed by atoms with Crippen molar-refractivity contribution in [1.82, 2.24) is 10.2 Å². The van der Waals surface area contributed by atoms with Crippen LogP contribution < -0.4 is 19.5 Å². The second kappa shape index (κ2) is 9.52. The zero-order valence-corrected chi connectivity index (χ0v) is 19.1. The molecule has 2 saturated heterocycles. The highest BCUT2D eigenvalue weighted by Gasteiger charge is 2.38. The van der Waals surface area contributed by atoms with E-state index in [1.165, 1.54) is 6.07 Å². The molecule has 3 aliphatic heterocycles. The number of nitrogens with zero attached hydrogens (tertiary/aromatic N) is 1. The number of benzene rings is 2. The maximum absolute atomic E-state index is 13.9. The van der Waals surface area contributed by atoms with Crippen molar-refractivity contribution < 1.29 is 28.2 Å². The SMILES string of the molecule is O=C1CCC(CCC(=O)N2CCC(Oc3ccccc3F)CC2)(Cc2ccc3c(c2)OCO3)N1. The summed E-state index contributed by atoms with van der Waals surface area (Å²) >= 11 is 0. The normalized spacial score (nSPS) is 22.0. The van der Waals surface area contributed by atoms with Crippen LogP contribution in [0.25, 0.3) is 0 Å². The first-order chi connectivity index (χ1) is 16.5. The molecule has 8 heteroatoms. The molecule has 2 fully saturated rings. The van der Waals surface area contributed by atoms with Gasteiger partial charge in [0.1, 0.15) is 6.10 Å². The minimum atomic E-state index is -0.438. The zero-order chi connectivity index (χ0) is 23.5. The van der Waals surface area contributed by atoms with Gasteiger partial charge in [-0.1, -0.05) is 18.2 Å². The predicted octanol–water partition coefficient (Wildman–Crippen LogP) is 3.60. The minimum Gasteiger partial charge on any atom is -0.487 e. The average Bonchev–Trinajstić information content (AvgIpc) is 3.46. The van der Waals surface area contributed by atoms with E-state index in [9.17, 15) is 14.0 Å². The molecule has 2 amide bonds. The smallest absolute Gasteiger partial charge is 0.231 e. The van der Waals surface area contributed by atoms with Crippen LogP contribution in [0.1, 0.15) is 44.1 Å². The second-order valence-corrected chi connectivity index (χ2v) is 9.32. The number of hydrogen-bond acceptors (Lipinski definition) is 5. The van der Waals surface area contributed by atoms with Gasteiger partial charge in [0.25, 0.3) is 0 Å². The van der Waals surface area contributed by atoms with Crippen LogP contribution in [0.3, 0.4) is 0 Å². The summed E-state index contributed by atoms with van der Waals surface area (Å²) in [6, 6.07) is 12.2. The summed E-state index contributed by atoms with van der Waals surface area (Å²) in [5, 5.41) is 3.14. The molecule has 2 aromatic carbocycles. The summed E-state index contributed by atoms with van der Waals surface area (Å²) < 4.78 is 30.5. The Bertz CT molecular complexity index is 1070. The Morgan fingerprint density at radius 2 is 1.94 bits per heavy atom. The van der Waals surface area contributed by atoms with Crippen molar-refractivity contribution in [3.8, 4) is 17.2 Å². The van der Waals surface area contributed by atoms with Gasteiger partial charge >= 0.3 is 0 Å². The summed E-state index contributed by atoms with van der Waals surface area (Å²) in [5.74, 6) is 1.44. The summed E-state index contributed by atoms with van der Waals surface area (Å²) in [5.41, 5.74) is 0.609. The van der Waals surface area contributed by atoms with Crippen LogP contribution in [0.5, 0.6) is 17.2 Å². The molecule has 0 aromatic heterocycles. The number of rotatable bonds is 7. The van der Waals surface area contributed by atoms with Crippen LogP contribution in [-0.2, 0) is 16.0 Å². The Labute approximate surface area is 198 Å². The molecule has 1 atom stereocenters. The summed E-state index contributed by atoms with van der Waals surface area (Å²) in [6.45, 7) is 1.39. The maximum atomic E-state index is 13.9. The van der Waals surface area contributed by atoms with Crippen LogP contribution in [0, 0.1) is 5.82 Å². The average molecular weight is 469 g/mol. The molecule has 0 spiro atoms. The van der Waals surface area contributed by atoms with E-state index in [2.05, 4.69) is 5.32 Å². The zero-order valence-electron chi connectivity index (χ0n) is 19.1. The molecule has 34 heavy (non-hydrogen) atoms. The third-order valence-electron chi connectivity index (χ3n) is 6.96. The van der Waals surface area contributed by atoms with Crippen LogP contribution in [0.15, 0.2) is 42.5 Å². The number of piperidine rings is 1. The van der Waals surface area contributed by atoms with Gasteiger partial charge in [-0.3, -0.25) is 9.59 Å². The number of nitrogens with one attached hydrogen (secondary N) is 1. The fraction of sp³-hybridized carbons (Fsp3) is 0.462. The standard InChI is InChI=1S/C26H29FN2O5/c27-20-3-1-2-4-21(20)34-19-9-13-29(14-10-19)25(31)8-12-26(11-7-24(30)28-26)16-18-5-6-22-23(15-18)33-17-32-22/h1-6,15,19H,7-14,16-17H2,(H,28,30). The Kier molecular flexibility index (Phi) is 6.30. The lowest BCUT2D eigenvalue weighted by Gasteiger charge is -2.34. The first kappa shape index (κ1) is 22.5. The summed E-state index contributed by atoms with van der Waals surface area (Å²) in [7, 11) is 0. The lowest BCUT2D eigenvalue weighted by molar-refractivity contribution is -0.133. The molecule has 180 valence electrons. The van der Waals surface area contributed by atoms with E-state index in [1.807, 2.05) is 23.1 Å². The molecule has 5 rings (SSSR count). The van der Waals surface area contributed by atoms with E-state index in [-0.39, 0.29) is 36.3 Å². The van der Waals surface area contributed by atoms with Gasteiger partial charge in [-0.05, 0) is 49.1 Å². The van der Waals surface area contributed by atoms with Gasteiger partial charge in [0.15, 0.2) is 23.1 Å². The Morgan fingerprint density at radius 1 is 1.15 bits per heavy atom. The van der Waals surface area contributed by atoms with E-state index in [4.69, 9.17) is 14.2 Å². The van der Waals surface area contributed by atoms with Crippen molar-refractivity contribution >= 4 is 11.8 Å². The molecule has 1 N–H and O–H groups in total. The number of likely N-dealkylation sites (tertiary alicyclic amines) is 1. The fourth-order valence-corrected chi connectivity index (χ4v) is 5.07. The molecule has 3 heterocycles. The van der Waals surface area contributed by atoms with Crippen molar-refractivity contribution in [3.05, 3.63) is 53.8 Å². The molecule has 7 nitrogen and oxygen atoms in total. The Morgan fingerprint density at radius 3 is 2.71 bits per heavy atom. The fourth-order valence-electron chi connectivity index (χ4n) is 5.07. The predicted molar refractivity (Wildman–Crippen MR) is 122 cm³/mol. The van der Waals surface area contributed by atoms with Crippen LogP contribution in [-0.4, -0.2) is 48.2 Å². The molecule has 0 bridgehead atoms. The number of ether oxygens (including phenoxy) is 3. The highest BCUT2D eigenvalue weighted by atomic mass is 19.1. The van der Waals surface area contributed by atoms with E-state index in [0.717, 1.165) is 11.3 Å². The molecule has 2 aromatic rings. The van der Waals surface area contributed by atoms with Crippen LogP contribution >= 0.6 is 0 Å². The summed E-state index contributed by atoms with van der Waals surface area (Å²) in [4.78, 5) is 26.9. The van der Waals surface area contributed by atoms with E-state index < -0.39 is 5.54 Å². The van der Waals surface area contributed by atoms with Crippen molar-refractivity contribution in [2.45, 2.75) is 56.6 Å². The van der Waals surface area contributed by atoms with Gasteiger partial charge in [0, 0.05) is 44.3 Å². The maximum Gasteiger partial charge on any atom is 0.231 e. The number of para-hydroxylation sites is 1. The van der Waals surface area contributed by atoms with Crippen LogP contribution in [0.4, 0.5) is 4.39 Å². The van der Waals surface area contributed by atoms with Crippen molar-refractivity contribution in [3.63, 3.8) is 0 Å². The lowest BCUT2D eigenvalue weighted by Crippen LogP contribution is -2.46. The first-order valence-corrected chi connectivity index (χ1v) is 11.9. The molecular formula is C26H29FN2O5. The van der Waals surface area contributed by atoms with E-state index >= 15 is 0 Å². The van der Waals surface area contributed by atoms with Gasteiger partial charge in [0.05, 0.1) is 0 Å². The quantitative estimate of drug-likeness (QED) is 0.672. The molecule has 0 radical (unpaired) electrons. The van der Waals surface area contributed by atoms with Crippen molar-refractivity contribution in [1.29, 1.82) is 0 Å². The first-order valence-electron chi connectivity index (χ1n) is 11.9. The highest BCUT2D eigenvalue weighted by Crippen LogP contribution is 2.36. The largest absolute Gasteiger partial charge is 0.487 e. The molecule has 0 aliphatic carbocycles. The second-order valence-electron chi connectivity index (χ2n) is 9.32. The number of carbonyl (C=O) groups excluding carboxylic acids is 2. The van der Waals surface area contributed by atoms with Gasteiger partial charge < -0.3 is 24.4 Å². The third kappa shape index (κ3) is 4.95. The van der Waals surface area contributed by atoms with E-state index in [1.54, 1.807) is 18.2 Å². The van der Waals surface area contributed by atoms with Crippen LogP contribution in [0.2, 0.25) is 0 Å². The number of fused-ring (bicyclic) bond motifs is 1. The molecule has 1 unspecified atom stereocenters. The van der Waals surface area contributed by atoms with Gasteiger partial charge in [-0.2, -0.15) is 0 Å². The number of amides is 2. The number of halogens is 1. The topological polar surface area (TPSA) is 77.1 Å². The summed E-state index contributed by atoms with van der Waals surface area (Å²) in [6.07, 6.45) is 3.98.